The van der Waals surface area contributed by atoms with Gasteiger partial charge in [0.05, 0.1) is 37.6 Å². The number of nitrogens with one attached hydrogen (secondary N) is 1. The molecule has 0 bridgehead atoms. The molecule has 0 aliphatic carbocycles. The maximum absolute atomic E-state index is 6.07. The van der Waals surface area contributed by atoms with Crippen LogP contribution in [0.25, 0.3) is 0 Å². The molecule has 2 atom stereocenters. The molecule has 3 aliphatic rings. The fourth-order valence-electron chi connectivity index (χ4n) is 3.55. The maximum Gasteiger partial charge on any atom is 0.0935 e. The topological polar surface area (TPSA) is 43.0 Å². The van der Waals surface area contributed by atoms with Gasteiger partial charge in [0, 0.05) is 19.5 Å². The number of hydrogen-bond acceptors (Lipinski definition) is 5. The Labute approximate surface area is 121 Å². The zero-order valence-electron chi connectivity index (χ0n) is 12.6. The fourth-order valence-corrected chi connectivity index (χ4v) is 3.55. The third kappa shape index (κ3) is 3.52. The van der Waals surface area contributed by atoms with Crippen molar-refractivity contribution < 1.29 is 14.2 Å². The van der Waals surface area contributed by atoms with Crippen LogP contribution >= 0.6 is 0 Å². The van der Waals surface area contributed by atoms with E-state index in [4.69, 9.17) is 14.2 Å². The molecule has 5 nitrogen and oxygen atoms in total. The molecule has 0 aromatic carbocycles. The van der Waals surface area contributed by atoms with E-state index in [0.29, 0.717) is 6.61 Å². The number of morpholine rings is 1. The monoisotopic (exact) mass is 284 g/mol. The highest BCUT2D eigenvalue weighted by Crippen LogP contribution is 2.35. The quantitative estimate of drug-likeness (QED) is 0.820. The van der Waals surface area contributed by atoms with Gasteiger partial charge < -0.3 is 19.5 Å². The molecule has 3 fully saturated rings. The minimum atomic E-state index is 0.0960. The Morgan fingerprint density at radius 3 is 3.00 bits per heavy atom. The summed E-state index contributed by atoms with van der Waals surface area (Å²) in [7, 11) is 0. The van der Waals surface area contributed by atoms with E-state index in [0.717, 1.165) is 65.2 Å². The van der Waals surface area contributed by atoms with Crippen molar-refractivity contribution in [3.05, 3.63) is 0 Å². The van der Waals surface area contributed by atoms with Crippen molar-refractivity contribution in [2.45, 2.75) is 44.0 Å². The second kappa shape index (κ2) is 6.71. The van der Waals surface area contributed by atoms with E-state index in [2.05, 4.69) is 17.1 Å². The Morgan fingerprint density at radius 2 is 2.20 bits per heavy atom. The van der Waals surface area contributed by atoms with E-state index in [1.54, 1.807) is 0 Å². The van der Waals surface area contributed by atoms with Gasteiger partial charge in [-0.05, 0) is 32.5 Å². The molecule has 20 heavy (non-hydrogen) atoms. The Hall–Kier alpha value is -0.200. The molecule has 3 heterocycles. The van der Waals surface area contributed by atoms with Gasteiger partial charge in [-0.2, -0.15) is 0 Å². The molecule has 3 aliphatic heterocycles. The molecule has 0 radical (unpaired) electrons. The Bertz CT molecular complexity index is 307. The van der Waals surface area contributed by atoms with Gasteiger partial charge in [0.1, 0.15) is 0 Å². The summed E-state index contributed by atoms with van der Waals surface area (Å²) in [6.07, 6.45) is 3.79. The normalized spacial score (nSPS) is 34.6. The molecule has 0 saturated carbocycles. The number of nitrogens with zero attached hydrogens (tertiary/aromatic N) is 1. The van der Waals surface area contributed by atoms with Gasteiger partial charge >= 0.3 is 0 Å². The average Bonchev–Trinajstić information content (AvgIpc) is 2.89. The van der Waals surface area contributed by atoms with Crippen molar-refractivity contribution in [2.75, 3.05) is 52.5 Å². The first kappa shape index (κ1) is 14.7. The van der Waals surface area contributed by atoms with Crippen molar-refractivity contribution in [1.29, 1.82) is 0 Å². The molecule has 116 valence electrons. The number of piperidine rings is 1. The first-order valence-electron chi connectivity index (χ1n) is 8.10. The molecule has 2 unspecified atom stereocenters. The van der Waals surface area contributed by atoms with Crippen LogP contribution in [0.2, 0.25) is 0 Å². The third-order valence-corrected chi connectivity index (χ3v) is 4.88. The maximum atomic E-state index is 6.07. The molecule has 3 saturated heterocycles. The molecule has 1 N–H and O–H groups in total. The number of likely N-dealkylation sites (N-methyl/N-ethyl adjacent to an activating group) is 1. The average molecular weight is 284 g/mol. The van der Waals surface area contributed by atoms with Crippen LogP contribution < -0.4 is 5.32 Å². The highest BCUT2D eigenvalue weighted by atomic mass is 16.6. The van der Waals surface area contributed by atoms with Crippen molar-refractivity contribution >= 4 is 0 Å². The summed E-state index contributed by atoms with van der Waals surface area (Å²) in [4.78, 5) is 2.43. The number of ether oxygens (including phenoxy) is 3. The standard InChI is InChI=1S/C15H28N2O3/c1-2-17-7-8-18-14(10-17)11-19-13-9-15(20-12-13)3-5-16-6-4-15/h13-14,16H,2-12H2,1H3. The van der Waals surface area contributed by atoms with E-state index < -0.39 is 0 Å². The minimum Gasteiger partial charge on any atom is -0.373 e. The van der Waals surface area contributed by atoms with Gasteiger partial charge in [-0.3, -0.25) is 4.90 Å². The zero-order valence-corrected chi connectivity index (χ0v) is 12.6. The van der Waals surface area contributed by atoms with Crippen molar-refractivity contribution in [3.8, 4) is 0 Å². The third-order valence-electron chi connectivity index (χ3n) is 4.88. The van der Waals surface area contributed by atoms with Crippen molar-refractivity contribution in [1.82, 2.24) is 10.2 Å². The molecule has 0 amide bonds. The van der Waals surface area contributed by atoms with Crippen LogP contribution in [0, 0.1) is 0 Å². The van der Waals surface area contributed by atoms with Crippen molar-refractivity contribution in [2.24, 2.45) is 0 Å². The zero-order chi connectivity index (χ0) is 13.8. The lowest BCUT2D eigenvalue weighted by molar-refractivity contribution is -0.0844. The lowest BCUT2D eigenvalue weighted by Crippen LogP contribution is -2.45. The molecule has 3 rings (SSSR count). The molecule has 0 aromatic heterocycles. The van der Waals surface area contributed by atoms with Gasteiger partial charge in [-0.15, -0.1) is 0 Å². The molecular formula is C15H28N2O3. The molecular weight excluding hydrogens is 256 g/mol. The predicted octanol–water partition coefficient (Wildman–Crippen LogP) is 0.635. The number of rotatable bonds is 4. The lowest BCUT2D eigenvalue weighted by atomic mass is 9.89. The minimum absolute atomic E-state index is 0.0960. The Balaban J connectivity index is 1.41. The van der Waals surface area contributed by atoms with Gasteiger partial charge in [0.15, 0.2) is 0 Å². The van der Waals surface area contributed by atoms with Gasteiger partial charge in [0.25, 0.3) is 0 Å². The van der Waals surface area contributed by atoms with E-state index in [1.807, 2.05) is 0 Å². The van der Waals surface area contributed by atoms with Gasteiger partial charge in [-0.1, -0.05) is 6.92 Å². The summed E-state index contributed by atoms with van der Waals surface area (Å²) in [5.74, 6) is 0. The first-order valence-corrected chi connectivity index (χ1v) is 8.10. The molecule has 5 heteroatoms. The summed E-state index contributed by atoms with van der Waals surface area (Å²) < 4.78 is 17.9. The Kier molecular flexibility index (Phi) is 4.94. The summed E-state index contributed by atoms with van der Waals surface area (Å²) in [5, 5.41) is 3.40. The van der Waals surface area contributed by atoms with E-state index in [1.165, 1.54) is 0 Å². The van der Waals surface area contributed by atoms with Crippen molar-refractivity contribution in [3.63, 3.8) is 0 Å². The van der Waals surface area contributed by atoms with Crippen LogP contribution in [0.4, 0.5) is 0 Å². The lowest BCUT2D eigenvalue weighted by Gasteiger charge is -2.33. The summed E-state index contributed by atoms with van der Waals surface area (Å²) in [5.41, 5.74) is 0.0960. The van der Waals surface area contributed by atoms with Gasteiger partial charge in [-0.25, -0.2) is 0 Å². The highest BCUT2D eigenvalue weighted by molar-refractivity contribution is 4.93. The highest BCUT2D eigenvalue weighted by Gasteiger charge is 2.41. The van der Waals surface area contributed by atoms with Crippen LogP contribution in [-0.4, -0.2) is 75.3 Å². The molecule has 0 aromatic rings. The number of hydrogen-bond donors (Lipinski definition) is 1. The van der Waals surface area contributed by atoms with Crippen LogP contribution in [0.3, 0.4) is 0 Å². The second-order valence-electron chi connectivity index (χ2n) is 6.29. The van der Waals surface area contributed by atoms with Gasteiger partial charge in [0.2, 0.25) is 0 Å². The predicted molar refractivity (Wildman–Crippen MR) is 77.0 cm³/mol. The smallest absolute Gasteiger partial charge is 0.0935 e. The van der Waals surface area contributed by atoms with E-state index in [9.17, 15) is 0 Å². The fraction of sp³-hybridized carbons (Fsp3) is 1.00. The summed E-state index contributed by atoms with van der Waals surface area (Å²) >= 11 is 0. The largest absolute Gasteiger partial charge is 0.373 e. The summed E-state index contributed by atoms with van der Waals surface area (Å²) in [6.45, 7) is 9.79. The second-order valence-corrected chi connectivity index (χ2v) is 6.29. The molecule has 1 spiro atoms. The van der Waals surface area contributed by atoms with E-state index in [-0.39, 0.29) is 17.8 Å². The van der Waals surface area contributed by atoms with Crippen LogP contribution in [0.1, 0.15) is 26.2 Å². The van der Waals surface area contributed by atoms with Crippen LogP contribution in [0.15, 0.2) is 0 Å². The van der Waals surface area contributed by atoms with Crippen LogP contribution in [-0.2, 0) is 14.2 Å². The Morgan fingerprint density at radius 1 is 1.35 bits per heavy atom. The first-order chi connectivity index (χ1) is 9.80. The SMILES string of the molecule is CCN1CCOC(COC2COC3(CCNCC3)C2)C1. The van der Waals surface area contributed by atoms with Crippen LogP contribution in [0.5, 0.6) is 0 Å². The van der Waals surface area contributed by atoms with E-state index >= 15 is 0 Å². The summed E-state index contributed by atoms with van der Waals surface area (Å²) in [6, 6.07) is 0.